The van der Waals surface area contributed by atoms with E-state index in [1.165, 1.54) is 10.9 Å². The number of aromatic nitrogens is 2. The van der Waals surface area contributed by atoms with Crippen LogP contribution in [0.3, 0.4) is 0 Å². The van der Waals surface area contributed by atoms with Crippen LogP contribution in [-0.2, 0) is 20.4 Å². The van der Waals surface area contributed by atoms with E-state index >= 15 is 0 Å². The topological polar surface area (TPSA) is 105 Å². The van der Waals surface area contributed by atoms with E-state index in [9.17, 15) is 13.2 Å². The third kappa shape index (κ3) is 4.42. The van der Waals surface area contributed by atoms with Gasteiger partial charge in [0.15, 0.2) is 5.03 Å². The van der Waals surface area contributed by atoms with Gasteiger partial charge in [0, 0.05) is 23.4 Å². The number of rotatable bonds is 5. The molecule has 17 heavy (non-hydrogen) atoms. The highest BCUT2D eigenvalue weighted by molar-refractivity contribution is 8.13. The summed E-state index contributed by atoms with van der Waals surface area (Å²) in [5, 5.41) is 10.4. The molecule has 9 heteroatoms. The largest absolute Gasteiger partial charge is 0.354 e. The number of carbonyl (C=O) groups is 1. The average molecular weight is 277 g/mol. The molecule has 0 aliphatic carbocycles. The van der Waals surface area contributed by atoms with Crippen LogP contribution in [0.25, 0.3) is 0 Å². The molecule has 0 saturated carbocycles. The second-order valence-corrected chi connectivity index (χ2v) is 5.59. The molecule has 7 nitrogen and oxygen atoms in total. The molecule has 0 aromatic carbocycles. The number of amides is 1. The second kappa shape index (κ2) is 5.65. The Bertz CT molecular complexity index is 545. The van der Waals surface area contributed by atoms with Crippen LogP contribution in [-0.4, -0.2) is 30.4 Å². The summed E-state index contributed by atoms with van der Waals surface area (Å²) in [6.45, 7) is 0.176. The summed E-state index contributed by atoms with van der Waals surface area (Å²) >= 11 is 0. The summed E-state index contributed by atoms with van der Waals surface area (Å²) in [7, 11) is 1.20. The Morgan fingerprint density at radius 2 is 2.35 bits per heavy atom. The molecule has 0 aliphatic rings. The fraction of sp³-hybridized carbons (Fsp3) is 0.375. The Labute approximate surface area is 102 Å². The zero-order valence-electron chi connectivity index (χ0n) is 8.63. The van der Waals surface area contributed by atoms with Crippen molar-refractivity contribution in [3.05, 3.63) is 12.5 Å². The lowest BCUT2D eigenvalue weighted by molar-refractivity contribution is -0.121. The van der Waals surface area contributed by atoms with Gasteiger partial charge in [-0.15, -0.1) is 0 Å². The third-order valence-corrected chi connectivity index (χ3v) is 2.93. The maximum absolute atomic E-state index is 11.3. The Balaban J connectivity index is 2.56. The Hall–Kier alpha value is -1.59. The molecule has 1 N–H and O–H groups in total. The molecule has 0 spiro atoms. The van der Waals surface area contributed by atoms with E-state index in [1.807, 2.05) is 6.07 Å². The quantitative estimate of drug-likeness (QED) is 0.594. The number of nitrogens with one attached hydrogen (secondary N) is 1. The van der Waals surface area contributed by atoms with Crippen molar-refractivity contribution in [3.63, 3.8) is 0 Å². The van der Waals surface area contributed by atoms with Gasteiger partial charge in [-0.05, 0) is 0 Å². The predicted molar refractivity (Wildman–Crippen MR) is 58.5 cm³/mol. The van der Waals surface area contributed by atoms with Gasteiger partial charge in [-0.25, -0.2) is 13.4 Å². The van der Waals surface area contributed by atoms with Gasteiger partial charge in [0.05, 0.1) is 18.8 Å². The van der Waals surface area contributed by atoms with Crippen molar-refractivity contribution in [2.75, 3.05) is 6.54 Å². The van der Waals surface area contributed by atoms with E-state index in [1.54, 1.807) is 0 Å². The molecular weight excluding hydrogens is 268 g/mol. The van der Waals surface area contributed by atoms with Gasteiger partial charge in [0.2, 0.25) is 5.91 Å². The summed E-state index contributed by atoms with van der Waals surface area (Å²) < 4.78 is 23.1. The molecule has 1 amide bonds. The van der Waals surface area contributed by atoms with E-state index in [-0.39, 0.29) is 30.4 Å². The number of hydrogen-bond acceptors (Lipinski definition) is 5. The Kier molecular flexibility index (Phi) is 4.48. The van der Waals surface area contributed by atoms with Gasteiger partial charge >= 0.3 is 0 Å². The first-order chi connectivity index (χ1) is 7.93. The molecule has 92 valence electrons. The highest BCUT2D eigenvalue weighted by Crippen LogP contribution is 2.10. The summed E-state index contributed by atoms with van der Waals surface area (Å²) in [5.41, 5.74) is 0. The van der Waals surface area contributed by atoms with Crippen LogP contribution in [0.15, 0.2) is 17.6 Å². The monoisotopic (exact) mass is 276 g/mol. The van der Waals surface area contributed by atoms with Crippen molar-refractivity contribution in [1.29, 1.82) is 5.26 Å². The van der Waals surface area contributed by atoms with E-state index < -0.39 is 9.05 Å². The van der Waals surface area contributed by atoms with Crippen LogP contribution in [0.4, 0.5) is 0 Å². The lowest BCUT2D eigenvalue weighted by atomic mass is 10.4. The molecule has 1 aromatic rings. The molecular formula is C8H9ClN4O3S. The van der Waals surface area contributed by atoms with Crippen molar-refractivity contribution in [3.8, 4) is 6.07 Å². The predicted octanol–water partition coefficient (Wildman–Crippen LogP) is -0.160. The lowest BCUT2D eigenvalue weighted by Crippen LogP contribution is -2.27. The molecule has 1 heterocycles. The number of carbonyl (C=O) groups excluding carboxylic acids is 1. The van der Waals surface area contributed by atoms with E-state index in [0.29, 0.717) is 0 Å². The Morgan fingerprint density at radius 3 is 2.88 bits per heavy atom. The van der Waals surface area contributed by atoms with E-state index in [0.717, 1.165) is 6.20 Å². The SMILES string of the molecule is N#CCCNC(=O)Cn1cnc(S(=O)(=O)Cl)c1. The molecule has 0 bridgehead atoms. The van der Waals surface area contributed by atoms with Crippen LogP contribution in [0, 0.1) is 11.3 Å². The van der Waals surface area contributed by atoms with Crippen LogP contribution in [0.1, 0.15) is 6.42 Å². The summed E-state index contributed by atoms with van der Waals surface area (Å²) in [6, 6.07) is 1.88. The highest BCUT2D eigenvalue weighted by Gasteiger charge is 2.14. The summed E-state index contributed by atoms with van der Waals surface area (Å²) in [5.74, 6) is -0.337. The van der Waals surface area contributed by atoms with Crippen molar-refractivity contribution in [2.24, 2.45) is 0 Å². The Morgan fingerprint density at radius 1 is 1.65 bits per heavy atom. The van der Waals surface area contributed by atoms with Crippen molar-refractivity contribution >= 4 is 25.6 Å². The number of hydrogen-bond donors (Lipinski definition) is 1. The first-order valence-electron chi connectivity index (χ1n) is 4.53. The first kappa shape index (κ1) is 13.5. The minimum atomic E-state index is -3.87. The van der Waals surface area contributed by atoms with Crippen LogP contribution < -0.4 is 5.32 Å². The fourth-order valence-electron chi connectivity index (χ4n) is 1.03. The number of nitrogens with zero attached hydrogens (tertiary/aromatic N) is 3. The average Bonchev–Trinajstić information content (AvgIpc) is 2.66. The first-order valence-corrected chi connectivity index (χ1v) is 6.84. The molecule has 0 unspecified atom stereocenters. The smallest absolute Gasteiger partial charge is 0.280 e. The van der Waals surface area contributed by atoms with Gasteiger partial charge in [-0.2, -0.15) is 5.26 Å². The third-order valence-electron chi connectivity index (χ3n) is 1.74. The van der Waals surface area contributed by atoms with Crippen LogP contribution in [0.2, 0.25) is 0 Å². The summed E-state index contributed by atoms with van der Waals surface area (Å²) in [6.07, 6.45) is 2.57. The van der Waals surface area contributed by atoms with E-state index in [4.69, 9.17) is 15.9 Å². The molecule has 0 fully saturated rings. The van der Waals surface area contributed by atoms with Gasteiger partial charge in [-0.3, -0.25) is 4.79 Å². The fourth-order valence-corrected chi connectivity index (χ4v) is 1.70. The van der Waals surface area contributed by atoms with Crippen molar-refractivity contribution in [1.82, 2.24) is 14.9 Å². The van der Waals surface area contributed by atoms with Gasteiger partial charge < -0.3 is 9.88 Å². The van der Waals surface area contributed by atoms with Gasteiger partial charge in [0.1, 0.15) is 6.54 Å². The standard InChI is InChI=1S/C8H9ClN4O3S/c9-17(15,16)8-5-13(6-12-8)4-7(14)11-3-1-2-10/h5-6H,1,3-4H2,(H,11,14). The van der Waals surface area contributed by atoms with Crippen LogP contribution in [0.5, 0.6) is 0 Å². The van der Waals surface area contributed by atoms with Gasteiger partial charge in [0.25, 0.3) is 9.05 Å². The molecule has 1 rings (SSSR count). The van der Waals surface area contributed by atoms with Crippen molar-refractivity contribution < 1.29 is 13.2 Å². The zero-order chi connectivity index (χ0) is 12.9. The van der Waals surface area contributed by atoms with Crippen molar-refractivity contribution in [2.45, 2.75) is 18.0 Å². The maximum atomic E-state index is 11.3. The minimum Gasteiger partial charge on any atom is -0.354 e. The van der Waals surface area contributed by atoms with Gasteiger partial charge in [-0.1, -0.05) is 0 Å². The normalized spacial score (nSPS) is 10.8. The molecule has 0 atom stereocenters. The number of halogens is 1. The number of imidazole rings is 1. The lowest BCUT2D eigenvalue weighted by Gasteiger charge is -2.02. The van der Waals surface area contributed by atoms with Crippen LogP contribution >= 0.6 is 10.7 Å². The molecule has 1 aromatic heterocycles. The molecule has 0 saturated heterocycles. The molecule has 0 aliphatic heterocycles. The van der Waals surface area contributed by atoms with E-state index in [2.05, 4.69) is 10.3 Å². The summed E-state index contributed by atoms with van der Waals surface area (Å²) in [4.78, 5) is 14.8. The minimum absolute atomic E-state index is 0.0785. The highest BCUT2D eigenvalue weighted by atomic mass is 35.7. The number of nitriles is 1. The molecule has 0 radical (unpaired) electrons. The second-order valence-electron chi connectivity index (χ2n) is 3.08. The maximum Gasteiger partial charge on any atom is 0.280 e. The zero-order valence-corrected chi connectivity index (χ0v) is 10.2.